The molecule has 3 aromatic rings. The summed E-state index contributed by atoms with van der Waals surface area (Å²) >= 11 is 0. The van der Waals surface area contributed by atoms with Crippen molar-refractivity contribution >= 4 is 22.9 Å². The number of amides is 1. The molecule has 3 rings (SSSR count). The second-order valence-electron chi connectivity index (χ2n) is 7.19. The third-order valence-electron chi connectivity index (χ3n) is 4.85. The highest BCUT2D eigenvalue weighted by Crippen LogP contribution is 2.14. The first-order chi connectivity index (χ1) is 14.0. The van der Waals surface area contributed by atoms with Gasteiger partial charge in [-0.3, -0.25) is 9.59 Å². The number of hydrogen-bond acceptors (Lipinski definition) is 4. The first-order valence-electron chi connectivity index (χ1n) is 9.91. The number of carbonyl (C=O) groups is 1. The van der Waals surface area contributed by atoms with Crippen molar-refractivity contribution in [1.29, 1.82) is 0 Å². The molecule has 0 spiro atoms. The van der Waals surface area contributed by atoms with Gasteiger partial charge in [-0.15, -0.1) is 0 Å². The molecule has 0 fully saturated rings. The Hall–Kier alpha value is -3.28. The van der Waals surface area contributed by atoms with E-state index in [1.807, 2.05) is 26.0 Å². The van der Waals surface area contributed by atoms with E-state index in [-0.39, 0.29) is 11.3 Å². The van der Waals surface area contributed by atoms with Gasteiger partial charge in [0.05, 0.1) is 11.6 Å². The number of nitrogens with zero attached hydrogens (tertiary/aromatic N) is 3. The molecule has 0 bridgehead atoms. The van der Waals surface area contributed by atoms with E-state index in [2.05, 4.69) is 28.6 Å². The van der Waals surface area contributed by atoms with Crippen LogP contribution in [-0.4, -0.2) is 21.9 Å². The van der Waals surface area contributed by atoms with Crippen LogP contribution in [0.2, 0.25) is 0 Å². The molecular formula is C23H26N4O2. The maximum atomic E-state index is 12.8. The number of unbranched alkanes of at least 4 members (excludes halogenated alkanes) is 2. The molecule has 1 N–H and O–H groups in total. The van der Waals surface area contributed by atoms with Crippen LogP contribution in [0.3, 0.4) is 0 Å². The molecule has 29 heavy (non-hydrogen) atoms. The summed E-state index contributed by atoms with van der Waals surface area (Å²) in [5.74, 6) is -0.438. The predicted octanol–water partition coefficient (Wildman–Crippen LogP) is 3.97. The molecule has 0 aliphatic rings. The smallest absolute Gasteiger partial charge is 0.267 e. The molecule has 6 nitrogen and oxygen atoms in total. The predicted molar refractivity (Wildman–Crippen MR) is 117 cm³/mol. The second-order valence-corrected chi connectivity index (χ2v) is 7.19. The van der Waals surface area contributed by atoms with Gasteiger partial charge < -0.3 is 0 Å². The Morgan fingerprint density at radius 3 is 2.62 bits per heavy atom. The average molecular weight is 390 g/mol. The second kappa shape index (κ2) is 9.28. The van der Waals surface area contributed by atoms with Crippen molar-refractivity contribution in [2.75, 3.05) is 0 Å². The van der Waals surface area contributed by atoms with E-state index in [4.69, 9.17) is 0 Å². The molecule has 0 aliphatic heterocycles. The quantitative estimate of drug-likeness (QED) is 0.377. The molecule has 1 aromatic heterocycles. The normalized spacial score (nSPS) is 11.3. The lowest BCUT2D eigenvalue weighted by Crippen LogP contribution is -2.29. The number of hydrogen-bond donors (Lipinski definition) is 1. The SMILES string of the molecule is CCCCCn1nc(C(=O)N/N=C\c2ccc(C)cc2C)c2ccccc2c1=O. The molecule has 150 valence electrons. The van der Waals surface area contributed by atoms with E-state index >= 15 is 0 Å². The van der Waals surface area contributed by atoms with E-state index in [1.54, 1.807) is 30.5 Å². The van der Waals surface area contributed by atoms with Crippen LogP contribution < -0.4 is 11.0 Å². The van der Waals surface area contributed by atoms with Gasteiger partial charge in [-0.2, -0.15) is 10.2 Å². The Balaban J connectivity index is 1.89. The van der Waals surface area contributed by atoms with E-state index in [9.17, 15) is 9.59 Å². The Labute approximate surface area is 170 Å². The maximum absolute atomic E-state index is 12.8. The summed E-state index contributed by atoms with van der Waals surface area (Å²) in [7, 11) is 0. The molecule has 6 heteroatoms. The van der Waals surface area contributed by atoms with Gasteiger partial charge in [-0.1, -0.05) is 61.7 Å². The van der Waals surface area contributed by atoms with Crippen LogP contribution in [0.1, 0.15) is 53.4 Å². The van der Waals surface area contributed by atoms with E-state index in [0.717, 1.165) is 30.4 Å². The summed E-state index contributed by atoms with van der Waals surface area (Å²) in [4.78, 5) is 25.5. The largest absolute Gasteiger partial charge is 0.292 e. The average Bonchev–Trinajstić information content (AvgIpc) is 2.71. The highest BCUT2D eigenvalue weighted by molar-refractivity contribution is 6.05. The zero-order valence-electron chi connectivity index (χ0n) is 17.1. The minimum atomic E-state index is -0.438. The standard InChI is InChI=1S/C23H26N4O2/c1-4-5-8-13-27-23(29)20-10-7-6-9-19(20)21(26-27)22(28)25-24-15-18-12-11-16(2)14-17(18)3/h6-7,9-12,14-15H,4-5,8,13H2,1-3H3,(H,25,28)/b24-15-. The molecule has 0 aliphatic carbocycles. The fourth-order valence-corrected chi connectivity index (χ4v) is 3.25. The monoisotopic (exact) mass is 390 g/mol. The number of nitrogens with one attached hydrogen (secondary N) is 1. The van der Waals surface area contributed by atoms with Crippen molar-refractivity contribution in [3.8, 4) is 0 Å². The van der Waals surface area contributed by atoms with Gasteiger partial charge in [0, 0.05) is 11.9 Å². The molecule has 1 amide bonds. The van der Waals surface area contributed by atoms with Crippen molar-refractivity contribution in [3.05, 3.63) is 75.2 Å². The Kier molecular flexibility index (Phi) is 6.54. The van der Waals surface area contributed by atoms with Gasteiger partial charge in [0.1, 0.15) is 0 Å². The van der Waals surface area contributed by atoms with E-state index < -0.39 is 5.91 Å². The van der Waals surface area contributed by atoms with Crippen LogP contribution in [0.15, 0.2) is 52.4 Å². The van der Waals surface area contributed by atoms with Crippen LogP contribution in [0.5, 0.6) is 0 Å². The zero-order valence-corrected chi connectivity index (χ0v) is 17.1. The van der Waals surface area contributed by atoms with Crippen molar-refractivity contribution in [2.45, 2.75) is 46.6 Å². The molecule has 0 unspecified atom stereocenters. The third kappa shape index (κ3) is 4.77. The Morgan fingerprint density at radius 1 is 1.14 bits per heavy atom. The minimum Gasteiger partial charge on any atom is -0.267 e. The van der Waals surface area contributed by atoms with E-state index in [0.29, 0.717) is 17.3 Å². The minimum absolute atomic E-state index is 0.174. The van der Waals surface area contributed by atoms with Gasteiger partial charge in [0.25, 0.3) is 11.5 Å². The summed E-state index contributed by atoms with van der Waals surface area (Å²) in [5.41, 5.74) is 5.76. The van der Waals surface area contributed by atoms with Crippen molar-refractivity contribution in [1.82, 2.24) is 15.2 Å². The van der Waals surface area contributed by atoms with Crippen LogP contribution >= 0.6 is 0 Å². The van der Waals surface area contributed by atoms with E-state index in [1.165, 1.54) is 10.2 Å². The molecule has 0 saturated carbocycles. The first-order valence-corrected chi connectivity index (χ1v) is 9.91. The number of hydrazone groups is 1. The third-order valence-corrected chi connectivity index (χ3v) is 4.85. The summed E-state index contributed by atoms with van der Waals surface area (Å²) in [5, 5.41) is 9.46. The number of fused-ring (bicyclic) bond motifs is 1. The number of aryl methyl sites for hydroxylation is 3. The topological polar surface area (TPSA) is 76.3 Å². The van der Waals surface area contributed by atoms with Crippen molar-refractivity contribution in [2.24, 2.45) is 5.10 Å². The first kappa shape index (κ1) is 20.5. The maximum Gasteiger partial charge on any atom is 0.292 e. The number of aromatic nitrogens is 2. The highest BCUT2D eigenvalue weighted by atomic mass is 16.2. The zero-order chi connectivity index (χ0) is 20.8. The highest BCUT2D eigenvalue weighted by Gasteiger charge is 2.16. The molecule has 0 atom stereocenters. The van der Waals surface area contributed by atoms with Crippen LogP contribution in [0.25, 0.3) is 10.8 Å². The van der Waals surface area contributed by atoms with Gasteiger partial charge in [-0.05, 0) is 37.5 Å². The lowest BCUT2D eigenvalue weighted by atomic mass is 10.1. The molecule has 0 radical (unpaired) electrons. The van der Waals surface area contributed by atoms with Crippen LogP contribution in [0, 0.1) is 13.8 Å². The summed E-state index contributed by atoms with van der Waals surface area (Å²) in [6.07, 6.45) is 4.51. The van der Waals surface area contributed by atoms with Crippen molar-refractivity contribution < 1.29 is 4.79 Å². The Morgan fingerprint density at radius 2 is 1.90 bits per heavy atom. The van der Waals surface area contributed by atoms with Gasteiger partial charge >= 0.3 is 0 Å². The lowest BCUT2D eigenvalue weighted by molar-refractivity contribution is 0.0949. The number of carbonyl (C=O) groups excluding carboxylic acids is 1. The molecule has 0 saturated heterocycles. The van der Waals surface area contributed by atoms with Crippen LogP contribution in [0.4, 0.5) is 0 Å². The summed E-state index contributed by atoms with van der Waals surface area (Å²) in [6.45, 7) is 6.62. The molecule has 2 aromatic carbocycles. The van der Waals surface area contributed by atoms with Gasteiger partial charge in [0.15, 0.2) is 5.69 Å². The van der Waals surface area contributed by atoms with Crippen molar-refractivity contribution in [3.63, 3.8) is 0 Å². The van der Waals surface area contributed by atoms with Gasteiger partial charge in [0.2, 0.25) is 0 Å². The fourth-order valence-electron chi connectivity index (χ4n) is 3.25. The number of rotatable bonds is 7. The van der Waals surface area contributed by atoms with Crippen LogP contribution in [-0.2, 0) is 6.54 Å². The van der Waals surface area contributed by atoms with Gasteiger partial charge in [-0.25, -0.2) is 10.1 Å². The Bertz CT molecular complexity index is 1120. The molecule has 1 heterocycles. The summed E-state index contributed by atoms with van der Waals surface area (Å²) in [6, 6.07) is 13.1. The summed E-state index contributed by atoms with van der Waals surface area (Å²) < 4.78 is 1.39. The molecular weight excluding hydrogens is 364 g/mol. The number of benzene rings is 2. The fraction of sp³-hybridized carbons (Fsp3) is 0.304. The lowest BCUT2D eigenvalue weighted by Gasteiger charge is -2.10.